The maximum absolute atomic E-state index is 9.20. The zero-order valence-corrected chi connectivity index (χ0v) is 9.57. The van der Waals surface area contributed by atoms with Crippen molar-refractivity contribution in [1.29, 1.82) is 0 Å². The number of rotatable bonds is 5. The number of aliphatic hydroxyl groups excluding tert-OH is 1. The molecule has 0 aromatic carbocycles. The first kappa shape index (κ1) is 12.1. The molecule has 0 amide bonds. The second-order valence-electron chi connectivity index (χ2n) is 3.96. The van der Waals surface area contributed by atoms with E-state index in [1.54, 1.807) is 13.1 Å². The van der Waals surface area contributed by atoms with Gasteiger partial charge in [0.05, 0.1) is 11.8 Å². The third-order valence-corrected chi connectivity index (χ3v) is 2.16. The van der Waals surface area contributed by atoms with Crippen molar-refractivity contribution in [3.8, 4) is 0 Å². The predicted octanol–water partition coefficient (Wildman–Crippen LogP) is 1.03. The first-order chi connectivity index (χ1) is 7.08. The number of aryl methyl sites for hydroxylation is 1. The van der Waals surface area contributed by atoms with Gasteiger partial charge >= 0.3 is 0 Å². The number of hydrogen-bond acceptors (Lipinski definition) is 4. The van der Waals surface area contributed by atoms with E-state index in [0.29, 0.717) is 6.04 Å². The molecule has 0 spiro atoms. The van der Waals surface area contributed by atoms with Gasteiger partial charge in [-0.3, -0.25) is 0 Å². The van der Waals surface area contributed by atoms with E-state index in [2.05, 4.69) is 22.2 Å². The fourth-order valence-corrected chi connectivity index (χ4v) is 1.48. The van der Waals surface area contributed by atoms with E-state index in [0.717, 1.165) is 24.5 Å². The molecule has 2 unspecified atom stereocenters. The molecule has 15 heavy (non-hydrogen) atoms. The molecule has 0 aliphatic heterocycles. The molecule has 0 bridgehead atoms. The van der Waals surface area contributed by atoms with Gasteiger partial charge in [-0.2, -0.15) is 0 Å². The summed E-state index contributed by atoms with van der Waals surface area (Å²) in [5.74, 6) is 0.789. The smallest absolute Gasteiger partial charge is 0.125 e. The lowest BCUT2D eigenvalue weighted by Crippen LogP contribution is -2.29. The number of hydrogen-bond donors (Lipinski definition) is 2. The van der Waals surface area contributed by atoms with Crippen LogP contribution in [0.5, 0.6) is 0 Å². The van der Waals surface area contributed by atoms with Crippen molar-refractivity contribution in [2.24, 2.45) is 0 Å². The molecule has 2 N–H and O–H groups in total. The van der Waals surface area contributed by atoms with E-state index in [9.17, 15) is 5.11 Å². The average molecular weight is 209 g/mol. The van der Waals surface area contributed by atoms with E-state index >= 15 is 0 Å². The fourth-order valence-electron chi connectivity index (χ4n) is 1.48. The Kier molecular flexibility index (Phi) is 4.65. The Hall–Kier alpha value is -1.00. The van der Waals surface area contributed by atoms with Gasteiger partial charge in [0, 0.05) is 18.8 Å². The molecule has 0 saturated heterocycles. The first-order valence-corrected chi connectivity index (χ1v) is 5.28. The van der Waals surface area contributed by atoms with Crippen LogP contribution in [0.1, 0.15) is 31.8 Å². The normalized spacial score (nSPS) is 14.9. The zero-order chi connectivity index (χ0) is 11.3. The van der Waals surface area contributed by atoms with Gasteiger partial charge in [0.1, 0.15) is 5.82 Å². The van der Waals surface area contributed by atoms with Crippen molar-refractivity contribution in [1.82, 2.24) is 15.3 Å². The SMILES string of the molecule is Cc1nccc(CNC(C)CC(C)O)n1. The van der Waals surface area contributed by atoms with E-state index in [4.69, 9.17) is 0 Å². The monoisotopic (exact) mass is 209 g/mol. The van der Waals surface area contributed by atoms with Gasteiger partial charge in [-0.1, -0.05) is 0 Å². The van der Waals surface area contributed by atoms with Crippen molar-refractivity contribution >= 4 is 0 Å². The minimum absolute atomic E-state index is 0.264. The van der Waals surface area contributed by atoms with Crippen molar-refractivity contribution in [3.05, 3.63) is 23.8 Å². The molecular weight excluding hydrogens is 190 g/mol. The van der Waals surface area contributed by atoms with Gasteiger partial charge in [0.15, 0.2) is 0 Å². The van der Waals surface area contributed by atoms with E-state index in [1.807, 2.05) is 13.0 Å². The van der Waals surface area contributed by atoms with Gasteiger partial charge in [-0.15, -0.1) is 0 Å². The van der Waals surface area contributed by atoms with Crippen LogP contribution in [0.25, 0.3) is 0 Å². The Morgan fingerprint density at radius 2 is 2.20 bits per heavy atom. The van der Waals surface area contributed by atoms with E-state index in [-0.39, 0.29) is 6.10 Å². The maximum Gasteiger partial charge on any atom is 0.125 e. The third kappa shape index (κ3) is 4.85. The summed E-state index contributed by atoms with van der Waals surface area (Å²) in [6, 6.07) is 2.19. The van der Waals surface area contributed by atoms with Crippen LogP contribution in [0.4, 0.5) is 0 Å². The Morgan fingerprint density at radius 1 is 1.47 bits per heavy atom. The highest BCUT2D eigenvalue weighted by Crippen LogP contribution is 1.99. The third-order valence-electron chi connectivity index (χ3n) is 2.16. The highest BCUT2D eigenvalue weighted by molar-refractivity contribution is 5.01. The van der Waals surface area contributed by atoms with Gasteiger partial charge in [-0.05, 0) is 33.3 Å². The Balaban J connectivity index is 2.36. The van der Waals surface area contributed by atoms with Gasteiger partial charge in [-0.25, -0.2) is 9.97 Å². The minimum atomic E-state index is -0.264. The second kappa shape index (κ2) is 5.78. The van der Waals surface area contributed by atoms with Crippen LogP contribution in [0.2, 0.25) is 0 Å². The molecule has 0 aliphatic rings. The molecule has 0 fully saturated rings. The number of aliphatic hydroxyl groups is 1. The molecular formula is C11H19N3O. The van der Waals surface area contributed by atoms with Gasteiger partial charge in [0.2, 0.25) is 0 Å². The molecule has 4 heteroatoms. The second-order valence-corrected chi connectivity index (χ2v) is 3.96. The molecule has 84 valence electrons. The van der Waals surface area contributed by atoms with Gasteiger partial charge < -0.3 is 10.4 Å². The summed E-state index contributed by atoms with van der Waals surface area (Å²) in [5.41, 5.74) is 0.986. The highest BCUT2D eigenvalue weighted by atomic mass is 16.3. The summed E-state index contributed by atoms with van der Waals surface area (Å²) in [7, 11) is 0. The quantitative estimate of drug-likeness (QED) is 0.760. The van der Waals surface area contributed by atoms with Crippen LogP contribution >= 0.6 is 0 Å². The Bertz CT molecular complexity index is 302. The molecule has 1 aromatic rings. The standard InChI is InChI=1S/C11H19N3O/c1-8(6-9(2)15)13-7-11-4-5-12-10(3)14-11/h4-5,8-9,13,15H,6-7H2,1-3H3. The Morgan fingerprint density at radius 3 is 2.80 bits per heavy atom. The maximum atomic E-state index is 9.20. The van der Waals surface area contributed by atoms with Crippen LogP contribution in [-0.4, -0.2) is 27.2 Å². The van der Waals surface area contributed by atoms with E-state index in [1.165, 1.54) is 0 Å². The summed E-state index contributed by atoms with van der Waals surface area (Å²) in [5, 5.41) is 12.5. The molecule has 1 heterocycles. The molecule has 1 rings (SSSR count). The first-order valence-electron chi connectivity index (χ1n) is 5.28. The van der Waals surface area contributed by atoms with E-state index < -0.39 is 0 Å². The lowest BCUT2D eigenvalue weighted by molar-refractivity contribution is 0.170. The molecule has 2 atom stereocenters. The van der Waals surface area contributed by atoms with Gasteiger partial charge in [0.25, 0.3) is 0 Å². The predicted molar refractivity (Wildman–Crippen MR) is 59.4 cm³/mol. The molecule has 0 radical (unpaired) electrons. The molecule has 4 nitrogen and oxygen atoms in total. The van der Waals surface area contributed by atoms with Crippen molar-refractivity contribution < 1.29 is 5.11 Å². The summed E-state index contributed by atoms with van der Waals surface area (Å²) in [6.45, 7) is 6.45. The summed E-state index contributed by atoms with van der Waals surface area (Å²) >= 11 is 0. The van der Waals surface area contributed by atoms with Crippen molar-refractivity contribution in [2.45, 2.75) is 45.9 Å². The van der Waals surface area contributed by atoms with Crippen LogP contribution in [-0.2, 0) is 6.54 Å². The van der Waals surface area contributed by atoms with Crippen molar-refractivity contribution in [3.63, 3.8) is 0 Å². The largest absolute Gasteiger partial charge is 0.393 e. The molecule has 0 saturated carbocycles. The molecule has 1 aromatic heterocycles. The number of nitrogens with one attached hydrogen (secondary N) is 1. The minimum Gasteiger partial charge on any atom is -0.393 e. The fraction of sp³-hybridized carbons (Fsp3) is 0.636. The molecule has 0 aliphatic carbocycles. The lowest BCUT2D eigenvalue weighted by Gasteiger charge is -2.14. The topological polar surface area (TPSA) is 58.0 Å². The van der Waals surface area contributed by atoms with Crippen LogP contribution < -0.4 is 5.32 Å². The Labute approximate surface area is 90.8 Å². The van der Waals surface area contributed by atoms with Crippen molar-refractivity contribution in [2.75, 3.05) is 0 Å². The van der Waals surface area contributed by atoms with Crippen LogP contribution in [0, 0.1) is 6.92 Å². The highest BCUT2D eigenvalue weighted by Gasteiger charge is 2.05. The summed E-state index contributed by atoms with van der Waals surface area (Å²) in [4.78, 5) is 8.32. The van der Waals surface area contributed by atoms with Crippen LogP contribution in [0.15, 0.2) is 12.3 Å². The average Bonchev–Trinajstić information content (AvgIpc) is 2.14. The van der Waals surface area contributed by atoms with Crippen LogP contribution in [0.3, 0.4) is 0 Å². The summed E-state index contributed by atoms with van der Waals surface area (Å²) in [6.07, 6.45) is 2.25. The summed E-state index contributed by atoms with van der Waals surface area (Å²) < 4.78 is 0. The zero-order valence-electron chi connectivity index (χ0n) is 9.57. The number of aromatic nitrogens is 2. The number of nitrogens with zero attached hydrogens (tertiary/aromatic N) is 2. The lowest BCUT2D eigenvalue weighted by atomic mass is 10.1.